The van der Waals surface area contributed by atoms with Crippen LogP contribution in [0, 0.1) is 17.7 Å². The Hall–Kier alpha value is -2.92. The Morgan fingerprint density at radius 2 is 1.62 bits per heavy atom. The van der Waals surface area contributed by atoms with Crippen LogP contribution >= 0.6 is 11.6 Å². The molecule has 0 saturated carbocycles. The second-order valence-electron chi connectivity index (χ2n) is 10.2. The van der Waals surface area contributed by atoms with Crippen molar-refractivity contribution in [3.8, 4) is 0 Å². The largest absolute Gasteiger partial charge is 0.430 e. The van der Waals surface area contributed by atoms with Gasteiger partial charge in [-0.1, -0.05) is 29.8 Å². The Bertz CT molecular complexity index is 1200. The minimum Gasteiger partial charge on any atom is -0.368 e. The molecular weight excluding hydrogens is 540 g/mol. The second kappa shape index (κ2) is 11.7. The van der Waals surface area contributed by atoms with Crippen LogP contribution in [0.25, 0.3) is 0 Å². The molecule has 4 rings (SSSR count). The summed E-state index contributed by atoms with van der Waals surface area (Å²) in [4.78, 5) is 32.2. The van der Waals surface area contributed by atoms with Crippen molar-refractivity contribution in [2.75, 3.05) is 38.1 Å². The van der Waals surface area contributed by atoms with E-state index in [-0.39, 0.29) is 30.1 Å². The number of carbonyl (C=O) groups excluding carboxylic acids is 2. The number of halogens is 5. The van der Waals surface area contributed by atoms with E-state index in [0.717, 1.165) is 55.5 Å². The molecule has 12 heteroatoms. The highest BCUT2D eigenvalue weighted by Gasteiger charge is 2.63. The maximum absolute atomic E-state index is 14.2. The molecule has 1 aromatic heterocycles. The molecule has 0 bridgehead atoms. The maximum atomic E-state index is 14.2. The first-order chi connectivity index (χ1) is 18.5. The van der Waals surface area contributed by atoms with E-state index in [4.69, 9.17) is 11.6 Å². The number of rotatable bonds is 6. The summed E-state index contributed by atoms with van der Waals surface area (Å²) in [6.45, 7) is 1.64. The molecule has 2 aliphatic rings. The number of piperidine rings is 2. The van der Waals surface area contributed by atoms with Gasteiger partial charge in [0.2, 0.25) is 0 Å². The van der Waals surface area contributed by atoms with Crippen molar-refractivity contribution in [3.05, 3.63) is 58.5 Å². The van der Waals surface area contributed by atoms with E-state index in [0.29, 0.717) is 30.1 Å². The zero-order chi connectivity index (χ0) is 28.4. The molecule has 39 heavy (non-hydrogen) atoms. The topological polar surface area (TPSA) is 85.8 Å². The molecule has 0 spiro atoms. The first-order valence-electron chi connectivity index (χ1n) is 12.9. The van der Waals surface area contributed by atoms with E-state index in [9.17, 15) is 32.3 Å². The van der Waals surface area contributed by atoms with Gasteiger partial charge in [0.25, 0.3) is 17.4 Å². The smallest absolute Gasteiger partial charge is 0.368 e. The molecule has 1 unspecified atom stereocenters. The average molecular weight is 571 g/mol. The first-order valence-corrected chi connectivity index (χ1v) is 13.3. The summed E-state index contributed by atoms with van der Waals surface area (Å²) >= 11 is 6.19. The van der Waals surface area contributed by atoms with E-state index in [1.807, 2.05) is 0 Å². The lowest BCUT2D eigenvalue weighted by Gasteiger charge is -2.40. The number of hydrogen-bond donors (Lipinski definition) is 2. The molecule has 0 aliphatic carbocycles. The number of amides is 2. The average Bonchev–Trinajstić information content (AvgIpc) is 2.92. The molecule has 2 fully saturated rings. The fourth-order valence-electron chi connectivity index (χ4n) is 5.52. The number of aromatic nitrogens is 1. The standard InChI is InChI=1S/C27H31ClF4N4O3/c1-33-24(37)19-6-7-22(34-23(19)28)35-12-8-17(9-13-35)16-18-10-14-36(15-11-18)25(38)26(39,27(30,31)32)20-4-2-3-5-21(20)29/h2-7,17-18,39H,8-16H2,1H3,(H,33,37). The first kappa shape index (κ1) is 29.1. The zero-order valence-corrected chi connectivity index (χ0v) is 22.2. The predicted octanol–water partition coefficient (Wildman–Crippen LogP) is 4.53. The van der Waals surface area contributed by atoms with Crippen molar-refractivity contribution < 1.29 is 32.3 Å². The molecule has 7 nitrogen and oxygen atoms in total. The van der Waals surface area contributed by atoms with Crippen LogP contribution in [0.1, 0.15) is 48.0 Å². The minimum absolute atomic E-state index is 0.0648. The fraction of sp³-hybridized carbons (Fsp3) is 0.519. The van der Waals surface area contributed by atoms with E-state index in [2.05, 4.69) is 15.2 Å². The van der Waals surface area contributed by atoms with Crippen LogP contribution in [0.2, 0.25) is 5.15 Å². The summed E-state index contributed by atoms with van der Waals surface area (Å²) in [5.74, 6) is -1.78. The number of alkyl halides is 3. The fourth-order valence-corrected chi connectivity index (χ4v) is 5.75. The third-order valence-electron chi connectivity index (χ3n) is 7.80. The zero-order valence-electron chi connectivity index (χ0n) is 21.5. The third-order valence-corrected chi connectivity index (χ3v) is 8.08. The van der Waals surface area contributed by atoms with Gasteiger partial charge in [-0.3, -0.25) is 9.59 Å². The Morgan fingerprint density at radius 3 is 2.15 bits per heavy atom. The SMILES string of the molecule is CNC(=O)c1ccc(N2CCC(CC3CCN(C(=O)C(O)(c4ccccc4F)C(F)(F)F)CC3)CC2)nc1Cl. The van der Waals surface area contributed by atoms with Gasteiger partial charge >= 0.3 is 6.18 Å². The van der Waals surface area contributed by atoms with Crippen molar-refractivity contribution in [1.82, 2.24) is 15.2 Å². The van der Waals surface area contributed by atoms with Crippen LogP contribution in [0.3, 0.4) is 0 Å². The minimum atomic E-state index is -5.38. The molecule has 1 atom stereocenters. The lowest BCUT2D eigenvalue weighted by molar-refractivity contribution is -0.263. The van der Waals surface area contributed by atoms with Crippen molar-refractivity contribution in [3.63, 3.8) is 0 Å². The van der Waals surface area contributed by atoms with Crippen molar-refractivity contribution >= 4 is 29.2 Å². The summed E-state index contributed by atoms with van der Waals surface area (Å²) in [5.41, 5.74) is -4.71. The van der Waals surface area contributed by atoms with E-state index in [1.54, 1.807) is 12.1 Å². The van der Waals surface area contributed by atoms with E-state index < -0.39 is 29.1 Å². The maximum Gasteiger partial charge on any atom is 0.430 e. The number of carbonyl (C=O) groups is 2. The molecule has 1 aromatic carbocycles. The molecule has 0 radical (unpaired) electrons. The van der Waals surface area contributed by atoms with Crippen LogP contribution in [0.5, 0.6) is 0 Å². The highest BCUT2D eigenvalue weighted by Crippen LogP contribution is 2.42. The number of nitrogens with one attached hydrogen (secondary N) is 1. The van der Waals surface area contributed by atoms with Crippen LogP contribution in [-0.2, 0) is 10.4 Å². The molecule has 2 aliphatic heterocycles. The van der Waals surface area contributed by atoms with Gasteiger partial charge in [0.15, 0.2) is 0 Å². The van der Waals surface area contributed by atoms with Gasteiger partial charge in [0, 0.05) is 38.8 Å². The Morgan fingerprint density at radius 1 is 1.03 bits per heavy atom. The number of hydrogen-bond acceptors (Lipinski definition) is 5. The summed E-state index contributed by atoms with van der Waals surface area (Å²) in [6.07, 6.45) is -1.67. The highest BCUT2D eigenvalue weighted by molar-refractivity contribution is 6.32. The summed E-state index contributed by atoms with van der Waals surface area (Å²) in [5, 5.41) is 13.2. The summed E-state index contributed by atoms with van der Waals surface area (Å²) in [7, 11) is 1.52. The number of pyridine rings is 1. The van der Waals surface area contributed by atoms with Crippen LogP contribution in [-0.4, -0.2) is 66.2 Å². The molecule has 2 N–H and O–H groups in total. The van der Waals surface area contributed by atoms with Crippen molar-refractivity contribution in [1.29, 1.82) is 0 Å². The normalized spacial score (nSPS) is 19.1. The second-order valence-corrected chi connectivity index (χ2v) is 10.5. The van der Waals surface area contributed by atoms with Gasteiger partial charge in [0.05, 0.1) is 5.56 Å². The number of aliphatic hydroxyl groups is 1. The quantitative estimate of drug-likeness (QED) is 0.394. The molecule has 2 saturated heterocycles. The lowest BCUT2D eigenvalue weighted by Crippen LogP contribution is -2.57. The summed E-state index contributed by atoms with van der Waals surface area (Å²) < 4.78 is 56.0. The molecule has 212 valence electrons. The molecule has 3 heterocycles. The molecule has 2 aromatic rings. The molecular formula is C27H31ClF4N4O3. The lowest BCUT2D eigenvalue weighted by atomic mass is 9.82. The van der Waals surface area contributed by atoms with Crippen molar-refractivity contribution in [2.24, 2.45) is 11.8 Å². The highest BCUT2D eigenvalue weighted by atomic mass is 35.5. The third kappa shape index (κ3) is 5.99. The van der Waals surface area contributed by atoms with Gasteiger partial charge in [-0.25, -0.2) is 9.37 Å². The number of anilines is 1. The summed E-state index contributed by atoms with van der Waals surface area (Å²) in [6, 6.07) is 7.36. The Labute approximate surface area is 229 Å². The van der Waals surface area contributed by atoms with Crippen LogP contribution in [0.15, 0.2) is 36.4 Å². The monoisotopic (exact) mass is 570 g/mol. The van der Waals surface area contributed by atoms with Gasteiger partial charge in [-0.05, 0) is 62.1 Å². The Balaban J connectivity index is 1.31. The Kier molecular flexibility index (Phi) is 8.70. The van der Waals surface area contributed by atoms with E-state index in [1.165, 1.54) is 13.1 Å². The van der Waals surface area contributed by atoms with Gasteiger partial charge < -0.3 is 20.2 Å². The van der Waals surface area contributed by atoms with Crippen molar-refractivity contribution in [2.45, 2.75) is 43.9 Å². The van der Waals surface area contributed by atoms with E-state index >= 15 is 0 Å². The van der Waals surface area contributed by atoms with Gasteiger partial charge in [0.1, 0.15) is 16.8 Å². The van der Waals surface area contributed by atoms with Gasteiger partial charge in [-0.15, -0.1) is 0 Å². The number of benzene rings is 1. The molecule has 2 amide bonds. The van der Waals surface area contributed by atoms with Crippen LogP contribution in [0.4, 0.5) is 23.4 Å². The predicted molar refractivity (Wildman–Crippen MR) is 138 cm³/mol. The number of likely N-dealkylation sites (tertiary alicyclic amines) is 1. The van der Waals surface area contributed by atoms with Gasteiger partial charge in [-0.2, -0.15) is 13.2 Å². The number of nitrogens with zero attached hydrogens (tertiary/aromatic N) is 3. The van der Waals surface area contributed by atoms with Crippen LogP contribution < -0.4 is 10.2 Å².